The molecule has 0 spiro atoms. The highest BCUT2D eigenvalue weighted by Gasteiger charge is 2.21. The largest absolute Gasteiger partial charge is 0.419 e. The molecule has 2 aromatic rings. The van der Waals surface area contributed by atoms with Crippen molar-refractivity contribution in [3.05, 3.63) is 34.6 Å². The summed E-state index contributed by atoms with van der Waals surface area (Å²) in [6.45, 7) is 2.89. The normalized spacial score (nSPS) is 17.2. The first-order chi connectivity index (χ1) is 10.2. The van der Waals surface area contributed by atoms with Gasteiger partial charge in [0.1, 0.15) is 0 Å². The summed E-state index contributed by atoms with van der Waals surface area (Å²) in [4.78, 5) is 0. The minimum absolute atomic E-state index is 0.506. The zero-order valence-corrected chi connectivity index (χ0v) is 13.8. The highest BCUT2D eigenvalue weighted by molar-refractivity contribution is 9.10. The highest BCUT2D eigenvalue weighted by atomic mass is 79.9. The van der Waals surface area contributed by atoms with Gasteiger partial charge < -0.3 is 9.73 Å². The van der Waals surface area contributed by atoms with Crippen molar-refractivity contribution >= 4 is 15.9 Å². The fourth-order valence-corrected chi connectivity index (χ4v) is 3.40. The van der Waals surface area contributed by atoms with Crippen molar-refractivity contribution in [2.75, 3.05) is 0 Å². The first kappa shape index (κ1) is 14.7. The van der Waals surface area contributed by atoms with E-state index >= 15 is 0 Å². The lowest BCUT2D eigenvalue weighted by molar-refractivity contribution is 0.360. The van der Waals surface area contributed by atoms with E-state index in [2.05, 4.69) is 38.4 Å². The van der Waals surface area contributed by atoms with Crippen LogP contribution in [-0.2, 0) is 6.54 Å². The number of hydrogen-bond donors (Lipinski definition) is 1. The van der Waals surface area contributed by atoms with Crippen LogP contribution in [0.5, 0.6) is 0 Å². The van der Waals surface area contributed by atoms with Gasteiger partial charge in [0.15, 0.2) is 0 Å². The molecule has 1 heterocycles. The van der Waals surface area contributed by atoms with Gasteiger partial charge in [-0.2, -0.15) is 0 Å². The highest BCUT2D eigenvalue weighted by Crippen LogP contribution is 2.28. The molecule has 1 aromatic carbocycles. The maximum Gasteiger partial charge on any atom is 0.248 e. The van der Waals surface area contributed by atoms with E-state index < -0.39 is 0 Å². The minimum Gasteiger partial charge on any atom is -0.419 e. The molecule has 1 aliphatic rings. The Labute approximate surface area is 133 Å². The van der Waals surface area contributed by atoms with Crippen molar-refractivity contribution in [3.63, 3.8) is 0 Å². The van der Waals surface area contributed by atoms with Crippen molar-refractivity contribution in [2.24, 2.45) is 5.92 Å². The lowest BCUT2D eigenvalue weighted by Crippen LogP contribution is -2.31. The average Bonchev–Trinajstić information content (AvgIpc) is 3.17. The van der Waals surface area contributed by atoms with Gasteiger partial charge in [0, 0.05) is 10.5 Å². The van der Waals surface area contributed by atoms with E-state index in [1.54, 1.807) is 0 Å². The van der Waals surface area contributed by atoms with E-state index in [1.165, 1.54) is 25.7 Å². The molecule has 1 fully saturated rings. The summed E-state index contributed by atoms with van der Waals surface area (Å²) in [6, 6.07) is 8.38. The lowest BCUT2D eigenvalue weighted by atomic mass is 10.00. The Hall–Kier alpha value is -1.20. The van der Waals surface area contributed by atoms with E-state index in [9.17, 15) is 0 Å². The van der Waals surface area contributed by atoms with Crippen LogP contribution in [0.1, 0.15) is 38.5 Å². The summed E-state index contributed by atoms with van der Waals surface area (Å²) in [5, 5.41) is 11.8. The van der Waals surface area contributed by atoms with Crippen molar-refractivity contribution < 1.29 is 4.42 Å². The Kier molecular flexibility index (Phi) is 4.70. The first-order valence-electron chi connectivity index (χ1n) is 7.54. The average molecular weight is 350 g/mol. The number of rotatable bonds is 5. The molecule has 1 atom stereocenters. The Bertz CT molecular complexity index is 593. The number of nitrogens with one attached hydrogen (secondary N) is 1. The Balaban J connectivity index is 1.61. The summed E-state index contributed by atoms with van der Waals surface area (Å²) in [5.74, 6) is 1.99. The van der Waals surface area contributed by atoms with E-state index in [1.807, 2.05) is 24.3 Å². The van der Waals surface area contributed by atoms with E-state index in [4.69, 9.17) is 4.42 Å². The monoisotopic (exact) mass is 349 g/mol. The Morgan fingerprint density at radius 2 is 2.05 bits per heavy atom. The first-order valence-corrected chi connectivity index (χ1v) is 8.34. The molecule has 0 amide bonds. The summed E-state index contributed by atoms with van der Waals surface area (Å²) in [7, 11) is 0. The molecule has 1 unspecified atom stereocenters. The van der Waals surface area contributed by atoms with Crippen LogP contribution in [0.15, 0.2) is 33.2 Å². The number of halogens is 1. The van der Waals surface area contributed by atoms with Crippen LogP contribution in [0.4, 0.5) is 0 Å². The van der Waals surface area contributed by atoms with Crippen LogP contribution >= 0.6 is 15.9 Å². The maximum atomic E-state index is 5.75. The topological polar surface area (TPSA) is 51.0 Å². The molecule has 1 aromatic heterocycles. The zero-order chi connectivity index (χ0) is 14.7. The molecule has 1 aliphatic carbocycles. The van der Waals surface area contributed by atoms with Gasteiger partial charge in [-0.3, -0.25) is 0 Å². The number of benzene rings is 1. The van der Waals surface area contributed by atoms with Gasteiger partial charge in [0.05, 0.1) is 12.1 Å². The summed E-state index contributed by atoms with van der Waals surface area (Å²) in [5.41, 5.74) is 0.931. The van der Waals surface area contributed by atoms with Crippen LogP contribution in [0.3, 0.4) is 0 Å². The molecule has 0 radical (unpaired) electrons. The molecular weight excluding hydrogens is 330 g/mol. The molecule has 0 saturated heterocycles. The SMILES string of the molecule is CC(NCc1nnc(-c2ccccc2Br)o1)C1CCCC1. The Morgan fingerprint density at radius 1 is 1.29 bits per heavy atom. The standard InChI is InChI=1S/C16H20BrN3O/c1-11(12-6-2-3-7-12)18-10-15-19-20-16(21-15)13-8-4-5-9-14(13)17/h4-5,8-9,11-12,18H,2-3,6-7,10H2,1H3. The van der Waals surface area contributed by atoms with Gasteiger partial charge in [-0.15, -0.1) is 10.2 Å². The zero-order valence-electron chi connectivity index (χ0n) is 12.2. The number of aromatic nitrogens is 2. The second-order valence-electron chi connectivity index (χ2n) is 5.69. The van der Waals surface area contributed by atoms with E-state index in [0.29, 0.717) is 24.4 Å². The van der Waals surface area contributed by atoms with Gasteiger partial charge >= 0.3 is 0 Å². The third kappa shape index (κ3) is 3.52. The molecular formula is C16H20BrN3O. The van der Waals surface area contributed by atoms with Crippen LogP contribution in [-0.4, -0.2) is 16.2 Å². The summed E-state index contributed by atoms with van der Waals surface area (Å²) < 4.78 is 6.71. The number of nitrogens with zero attached hydrogens (tertiary/aromatic N) is 2. The van der Waals surface area contributed by atoms with Crippen LogP contribution < -0.4 is 5.32 Å². The molecule has 112 valence electrons. The van der Waals surface area contributed by atoms with Gasteiger partial charge in [0.25, 0.3) is 0 Å². The summed E-state index contributed by atoms with van der Waals surface area (Å²) in [6.07, 6.45) is 5.40. The molecule has 4 nitrogen and oxygen atoms in total. The van der Waals surface area contributed by atoms with Gasteiger partial charge in [-0.05, 0) is 53.7 Å². The predicted molar refractivity (Wildman–Crippen MR) is 85.7 cm³/mol. The van der Waals surface area contributed by atoms with Crippen molar-refractivity contribution in [1.82, 2.24) is 15.5 Å². The molecule has 3 rings (SSSR count). The minimum atomic E-state index is 0.506. The molecule has 0 aliphatic heterocycles. The van der Waals surface area contributed by atoms with Crippen LogP contribution in [0.25, 0.3) is 11.5 Å². The second-order valence-corrected chi connectivity index (χ2v) is 6.55. The molecule has 1 saturated carbocycles. The molecule has 5 heteroatoms. The van der Waals surface area contributed by atoms with Crippen molar-refractivity contribution in [3.8, 4) is 11.5 Å². The fraction of sp³-hybridized carbons (Fsp3) is 0.500. The van der Waals surface area contributed by atoms with Gasteiger partial charge in [-0.25, -0.2) is 0 Å². The smallest absolute Gasteiger partial charge is 0.248 e. The predicted octanol–water partition coefficient (Wildman–Crippen LogP) is 4.17. The van der Waals surface area contributed by atoms with Gasteiger partial charge in [0.2, 0.25) is 11.8 Å². The molecule has 21 heavy (non-hydrogen) atoms. The van der Waals surface area contributed by atoms with Crippen LogP contribution in [0.2, 0.25) is 0 Å². The van der Waals surface area contributed by atoms with E-state index in [0.717, 1.165) is 16.0 Å². The molecule has 1 N–H and O–H groups in total. The third-order valence-corrected chi connectivity index (χ3v) is 4.94. The second kappa shape index (κ2) is 6.71. The van der Waals surface area contributed by atoms with Crippen LogP contribution in [0, 0.1) is 5.92 Å². The number of hydrogen-bond acceptors (Lipinski definition) is 4. The fourth-order valence-electron chi connectivity index (χ4n) is 2.94. The molecule has 0 bridgehead atoms. The van der Waals surface area contributed by atoms with Gasteiger partial charge in [-0.1, -0.05) is 25.0 Å². The summed E-state index contributed by atoms with van der Waals surface area (Å²) >= 11 is 3.51. The quantitative estimate of drug-likeness (QED) is 0.879. The van der Waals surface area contributed by atoms with E-state index in [-0.39, 0.29) is 0 Å². The lowest BCUT2D eigenvalue weighted by Gasteiger charge is -2.19. The Morgan fingerprint density at radius 3 is 2.81 bits per heavy atom. The maximum absolute atomic E-state index is 5.75. The third-order valence-electron chi connectivity index (χ3n) is 4.25. The van der Waals surface area contributed by atoms with Crippen molar-refractivity contribution in [2.45, 2.75) is 45.2 Å². The van der Waals surface area contributed by atoms with Crippen molar-refractivity contribution in [1.29, 1.82) is 0 Å².